The zero-order chi connectivity index (χ0) is 44.4. The van der Waals surface area contributed by atoms with Crippen LogP contribution in [0.2, 0.25) is 0 Å². The van der Waals surface area contributed by atoms with Crippen molar-refractivity contribution in [3.05, 3.63) is 72.8 Å². The molecule has 0 aliphatic rings. The maximum Gasteiger partial charge on any atom is 0.239 e. The van der Waals surface area contributed by atoms with Crippen molar-refractivity contribution in [3.8, 4) is 22.6 Å². The summed E-state index contributed by atoms with van der Waals surface area (Å²) in [6.45, 7) is 9.09. The zero-order valence-electron chi connectivity index (χ0n) is 38.3. The Kier molecular flexibility index (Phi) is 23.8. The maximum absolute atomic E-state index is 13.6. The van der Waals surface area contributed by atoms with Crippen molar-refractivity contribution in [2.24, 2.45) is 22.9 Å². The first kappa shape index (κ1) is 50.4. The summed E-state index contributed by atoms with van der Waals surface area (Å²) in [7, 11) is 0. The Balaban J connectivity index is 1.55. The van der Waals surface area contributed by atoms with Gasteiger partial charge in [-0.15, -0.1) is 0 Å². The van der Waals surface area contributed by atoms with Crippen LogP contribution in [0.1, 0.15) is 129 Å². The molecule has 62 heavy (non-hydrogen) atoms. The Bertz CT molecular complexity index is 1750. The third kappa shape index (κ3) is 16.2. The van der Waals surface area contributed by atoms with Crippen LogP contribution in [0.5, 0.6) is 11.5 Å². The monoisotopic (exact) mass is 853 g/mol. The average molecular weight is 853 g/mol. The molecule has 10 heteroatoms. The molecule has 2 atom stereocenters. The van der Waals surface area contributed by atoms with Crippen LogP contribution in [0, 0.1) is 0 Å². The predicted octanol–water partition coefficient (Wildman–Crippen LogP) is 9.71. The van der Waals surface area contributed by atoms with E-state index in [9.17, 15) is 9.59 Å². The van der Waals surface area contributed by atoms with Crippen molar-refractivity contribution in [2.75, 3.05) is 52.5 Å². The van der Waals surface area contributed by atoms with E-state index in [1.807, 2.05) is 9.80 Å². The van der Waals surface area contributed by atoms with Gasteiger partial charge in [-0.1, -0.05) is 139 Å². The van der Waals surface area contributed by atoms with Crippen LogP contribution >= 0.6 is 0 Å². The summed E-state index contributed by atoms with van der Waals surface area (Å²) in [4.78, 5) is 31.1. The number of unbranched alkanes of at least 4 members (excludes halogenated alkanes) is 10. The van der Waals surface area contributed by atoms with E-state index in [1.165, 1.54) is 38.5 Å². The van der Waals surface area contributed by atoms with Crippen molar-refractivity contribution in [1.29, 1.82) is 0 Å². The first-order valence-electron chi connectivity index (χ1n) is 24.1. The number of carbonyl (C=O) groups excluding carboxylic acids is 2. The van der Waals surface area contributed by atoms with E-state index in [2.05, 4.69) is 86.6 Å². The lowest BCUT2D eigenvalue weighted by Crippen LogP contribution is -2.45. The standard InChI is InChI=1S/C52H80N6O4/c1-3-5-7-9-19-35-57(51(59)45(55)27-15-17-33-53)37-21-39-61-47-31-29-41-23-11-13-25-43(41)49(47)50-44-26-14-12-24-42(44)30-32-48(50)62-40-22-38-58(36-20-10-8-6-4-2)52(60)46(56)28-16-18-34-54/h11-14,23-26,29-32,45-46H,3-10,15-22,27-28,33-40,53-56H2,1-2H3/t45-,46-/m0/s1. The normalized spacial score (nSPS) is 12.4. The summed E-state index contributed by atoms with van der Waals surface area (Å²) in [6.07, 6.45) is 17.4. The number of ether oxygens (including phenoxy) is 2. The molecule has 4 aromatic rings. The van der Waals surface area contributed by atoms with Gasteiger partial charge in [0.2, 0.25) is 11.8 Å². The third-order valence-corrected chi connectivity index (χ3v) is 12.0. The topological polar surface area (TPSA) is 163 Å². The molecule has 4 aromatic carbocycles. The fraction of sp³-hybridized carbons (Fsp3) is 0.577. The number of amides is 2. The molecule has 342 valence electrons. The molecule has 0 aliphatic carbocycles. The highest BCUT2D eigenvalue weighted by Gasteiger charge is 2.23. The number of hydrogen-bond acceptors (Lipinski definition) is 8. The first-order chi connectivity index (χ1) is 30.3. The van der Waals surface area contributed by atoms with Crippen LogP contribution in [0.25, 0.3) is 32.7 Å². The van der Waals surface area contributed by atoms with Gasteiger partial charge in [-0.25, -0.2) is 0 Å². The Morgan fingerprint density at radius 2 is 0.871 bits per heavy atom. The van der Waals surface area contributed by atoms with Gasteiger partial charge in [0.15, 0.2) is 0 Å². The van der Waals surface area contributed by atoms with Crippen LogP contribution in [0.15, 0.2) is 72.8 Å². The molecule has 4 rings (SSSR count). The summed E-state index contributed by atoms with van der Waals surface area (Å²) in [5, 5.41) is 4.35. The molecule has 0 aliphatic heterocycles. The lowest BCUT2D eigenvalue weighted by molar-refractivity contribution is -0.133. The molecule has 0 bridgehead atoms. The number of hydrogen-bond donors (Lipinski definition) is 4. The highest BCUT2D eigenvalue weighted by Crippen LogP contribution is 2.45. The Morgan fingerprint density at radius 3 is 1.27 bits per heavy atom. The van der Waals surface area contributed by atoms with Gasteiger partial charge >= 0.3 is 0 Å². The minimum atomic E-state index is -0.516. The summed E-state index contributed by atoms with van der Waals surface area (Å²) >= 11 is 0. The molecule has 0 spiro atoms. The zero-order valence-corrected chi connectivity index (χ0v) is 38.3. The maximum atomic E-state index is 13.6. The smallest absolute Gasteiger partial charge is 0.239 e. The predicted molar refractivity (Wildman–Crippen MR) is 260 cm³/mol. The minimum absolute atomic E-state index is 0.0197. The van der Waals surface area contributed by atoms with Crippen LogP contribution in [-0.4, -0.2) is 86.2 Å². The fourth-order valence-electron chi connectivity index (χ4n) is 8.34. The number of nitrogens with zero attached hydrogens (tertiary/aromatic N) is 2. The molecule has 0 radical (unpaired) electrons. The highest BCUT2D eigenvalue weighted by molar-refractivity contribution is 6.09. The number of nitrogens with two attached hydrogens (primary N) is 4. The van der Waals surface area contributed by atoms with Gasteiger partial charge < -0.3 is 42.2 Å². The molecule has 8 N–H and O–H groups in total. The van der Waals surface area contributed by atoms with E-state index in [4.69, 9.17) is 32.4 Å². The molecule has 2 amide bonds. The molecule has 10 nitrogen and oxygen atoms in total. The van der Waals surface area contributed by atoms with E-state index in [1.54, 1.807) is 0 Å². The molecule has 0 saturated carbocycles. The first-order valence-corrected chi connectivity index (χ1v) is 24.1. The SMILES string of the molecule is CCCCCCCN(CCCOc1ccc2ccccc2c1-c1c(OCCCN(CCCCCCC)C(=O)[C@@H](N)CCCCN)ccc2ccccc12)C(=O)[C@@H](N)CCCCN. The van der Waals surface area contributed by atoms with Gasteiger partial charge in [-0.05, 0) is 98.1 Å². The molecule has 0 heterocycles. The number of carbonyl (C=O) groups is 2. The van der Waals surface area contributed by atoms with Crippen LogP contribution in [0.3, 0.4) is 0 Å². The quantitative estimate of drug-likeness (QED) is 0.0345. The van der Waals surface area contributed by atoms with Gasteiger partial charge in [-0.2, -0.15) is 0 Å². The lowest BCUT2D eigenvalue weighted by atomic mass is 9.92. The van der Waals surface area contributed by atoms with Crippen molar-refractivity contribution in [1.82, 2.24) is 9.80 Å². The third-order valence-electron chi connectivity index (χ3n) is 12.0. The van der Waals surface area contributed by atoms with Gasteiger partial charge in [0.25, 0.3) is 0 Å². The minimum Gasteiger partial charge on any atom is -0.493 e. The molecule has 0 saturated heterocycles. The second-order valence-electron chi connectivity index (χ2n) is 17.0. The van der Waals surface area contributed by atoms with E-state index in [0.29, 0.717) is 78.2 Å². The summed E-state index contributed by atoms with van der Waals surface area (Å²) in [5.41, 5.74) is 26.3. The number of rotatable bonds is 33. The molecule has 0 unspecified atom stereocenters. The van der Waals surface area contributed by atoms with E-state index >= 15 is 0 Å². The number of fused-ring (bicyclic) bond motifs is 2. The van der Waals surface area contributed by atoms with E-state index in [0.717, 1.165) is 95.5 Å². The van der Waals surface area contributed by atoms with E-state index in [-0.39, 0.29) is 11.8 Å². The number of benzene rings is 4. The van der Waals surface area contributed by atoms with Crippen molar-refractivity contribution in [2.45, 2.75) is 142 Å². The van der Waals surface area contributed by atoms with Gasteiger partial charge in [0.05, 0.1) is 25.3 Å². The second kappa shape index (κ2) is 29.2. The average Bonchev–Trinajstić information content (AvgIpc) is 3.29. The Hall–Kier alpha value is -4.22. The van der Waals surface area contributed by atoms with Crippen molar-refractivity contribution < 1.29 is 19.1 Å². The van der Waals surface area contributed by atoms with Crippen molar-refractivity contribution >= 4 is 33.4 Å². The van der Waals surface area contributed by atoms with Gasteiger partial charge in [0, 0.05) is 37.3 Å². The van der Waals surface area contributed by atoms with Crippen LogP contribution < -0.4 is 32.4 Å². The highest BCUT2D eigenvalue weighted by atomic mass is 16.5. The summed E-state index contributed by atoms with van der Waals surface area (Å²) < 4.78 is 13.5. The second-order valence-corrected chi connectivity index (χ2v) is 17.0. The largest absolute Gasteiger partial charge is 0.493 e. The summed E-state index contributed by atoms with van der Waals surface area (Å²) in [6, 6.07) is 24.1. The molecular weight excluding hydrogens is 773 g/mol. The van der Waals surface area contributed by atoms with E-state index < -0.39 is 12.1 Å². The molecule has 0 aromatic heterocycles. The van der Waals surface area contributed by atoms with Crippen LogP contribution in [-0.2, 0) is 9.59 Å². The summed E-state index contributed by atoms with van der Waals surface area (Å²) in [5.74, 6) is 1.58. The van der Waals surface area contributed by atoms with Gasteiger partial charge in [-0.3, -0.25) is 9.59 Å². The molecular formula is C52H80N6O4. The Labute approximate surface area is 373 Å². The molecule has 0 fully saturated rings. The Morgan fingerprint density at radius 1 is 0.484 bits per heavy atom. The van der Waals surface area contributed by atoms with Crippen LogP contribution in [0.4, 0.5) is 0 Å². The van der Waals surface area contributed by atoms with Crippen molar-refractivity contribution in [3.63, 3.8) is 0 Å². The van der Waals surface area contributed by atoms with Gasteiger partial charge in [0.1, 0.15) is 11.5 Å². The fourth-order valence-corrected chi connectivity index (χ4v) is 8.34. The lowest BCUT2D eigenvalue weighted by Gasteiger charge is -2.26.